The van der Waals surface area contributed by atoms with Gasteiger partial charge in [0.25, 0.3) is 0 Å². The third-order valence-electron chi connectivity index (χ3n) is 5.02. The van der Waals surface area contributed by atoms with Gasteiger partial charge in [0.15, 0.2) is 0 Å². The number of aromatic nitrogens is 3. The Bertz CT molecular complexity index is 980. The van der Waals surface area contributed by atoms with E-state index in [1.54, 1.807) is 29.4 Å². The molecule has 1 aromatic carbocycles. The molecule has 1 saturated heterocycles. The van der Waals surface area contributed by atoms with Crippen LogP contribution in [0.5, 0.6) is 0 Å². The molecule has 10 heteroatoms. The molecule has 164 valence electrons. The zero-order chi connectivity index (χ0) is 21.7. The molecule has 2 heterocycles. The topological polar surface area (TPSA) is 108 Å². The van der Waals surface area contributed by atoms with Crippen molar-refractivity contribution in [3.05, 3.63) is 29.6 Å². The van der Waals surface area contributed by atoms with Crippen molar-refractivity contribution >= 4 is 33.4 Å². The van der Waals surface area contributed by atoms with Crippen LogP contribution in [0.25, 0.3) is 0 Å². The fourth-order valence-electron chi connectivity index (χ4n) is 3.28. The maximum absolute atomic E-state index is 13.2. The second-order valence-corrected chi connectivity index (χ2v) is 10.6. The van der Waals surface area contributed by atoms with E-state index in [2.05, 4.69) is 20.5 Å². The van der Waals surface area contributed by atoms with Crippen molar-refractivity contribution in [1.82, 2.24) is 19.5 Å². The minimum Gasteiger partial charge on any atom is -0.325 e. The Morgan fingerprint density at radius 2 is 1.93 bits per heavy atom. The molecule has 0 aliphatic carbocycles. The monoisotopic (exact) mass is 451 g/mol. The molecule has 0 atom stereocenters. The molecule has 8 nitrogen and oxygen atoms in total. The van der Waals surface area contributed by atoms with Gasteiger partial charge in [0.05, 0.1) is 10.6 Å². The number of carbonyl (C=O) groups excluding carboxylic acids is 1. The molecule has 1 aromatic heterocycles. The normalized spacial score (nSPS) is 15.9. The van der Waals surface area contributed by atoms with Gasteiger partial charge in [0.2, 0.25) is 21.1 Å². The van der Waals surface area contributed by atoms with Crippen LogP contribution in [0.4, 0.5) is 5.69 Å². The van der Waals surface area contributed by atoms with E-state index in [4.69, 9.17) is 0 Å². The highest BCUT2D eigenvalue weighted by molar-refractivity contribution is 7.99. The number of thioether (sulfide) groups is 1. The van der Waals surface area contributed by atoms with E-state index >= 15 is 0 Å². The Kier molecular flexibility index (Phi) is 7.54. The first-order valence-corrected chi connectivity index (χ1v) is 12.7. The highest BCUT2D eigenvalue weighted by Crippen LogP contribution is 2.26. The summed E-state index contributed by atoms with van der Waals surface area (Å²) < 4.78 is 27.9. The molecule has 0 spiro atoms. The van der Waals surface area contributed by atoms with E-state index in [1.165, 1.54) is 11.8 Å². The first-order valence-electron chi connectivity index (χ1n) is 10.2. The van der Waals surface area contributed by atoms with Crippen molar-refractivity contribution < 1.29 is 13.2 Å². The number of benzene rings is 1. The van der Waals surface area contributed by atoms with E-state index < -0.39 is 10.0 Å². The Morgan fingerprint density at radius 1 is 1.23 bits per heavy atom. The van der Waals surface area contributed by atoms with Gasteiger partial charge in [-0.1, -0.05) is 44.5 Å². The second-order valence-electron chi connectivity index (χ2n) is 7.79. The Labute approximate surface area is 182 Å². The number of nitrogens with one attached hydrogen (secondary N) is 2. The van der Waals surface area contributed by atoms with Gasteiger partial charge in [0, 0.05) is 24.7 Å². The van der Waals surface area contributed by atoms with Crippen LogP contribution in [0.1, 0.15) is 56.8 Å². The lowest BCUT2D eigenvalue weighted by Crippen LogP contribution is -2.32. The summed E-state index contributed by atoms with van der Waals surface area (Å²) in [5.41, 5.74) is 1.14. The summed E-state index contributed by atoms with van der Waals surface area (Å²) in [5.74, 6) is 0.910. The van der Waals surface area contributed by atoms with Gasteiger partial charge in [-0.15, -0.1) is 5.10 Å². The molecule has 0 saturated carbocycles. The molecule has 1 fully saturated rings. The highest BCUT2D eigenvalue weighted by atomic mass is 32.2. The van der Waals surface area contributed by atoms with Gasteiger partial charge in [-0.25, -0.2) is 13.4 Å². The maximum atomic E-state index is 13.2. The van der Waals surface area contributed by atoms with Crippen molar-refractivity contribution in [2.45, 2.75) is 62.4 Å². The Balaban J connectivity index is 1.67. The smallest absolute Gasteiger partial charge is 0.243 e. The Morgan fingerprint density at radius 3 is 2.57 bits per heavy atom. The van der Waals surface area contributed by atoms with Gasteiger partial charge in [-0.2, -0.15) is 4.31 Å². The average molecular weight is 452 g/mol. The van der Waals surface area contributed by atoms with E-state index in [1.807, 2.05) is 13.8 Å². The van der Waals surface area contributed by atoms with Gasteiger partial charge >= 0.3 is 0 Å². The third-order valence-corrected chi connectivity index (χ3v) is 7.90. The van der Waals surface area contributed by atoms with Crippen LogP contribution in [0.15, 0.2) is 28.3 Å². The number of aryl methyl sites for hydroxylation is 1. The lowest BCUT2D eigenvalue weighted by molar-refractivity contribution is -0.113. The molecule has 0 unspecified atom stereocenters. The third kappa shape index (κ3) is 5.61. The van der Waals surface area contributed by atoms with Crippen molar-refractivity contribution in [2.24, 2.45) is 0 Å². The highest BCUT2D eigenvalue weighted by Gasteiger charge is 2.27. The largest absolute Gasteiger partial charge is 0.325 e. The summed E-state index contributed by atoms with van der Waals surface area (Å²) in [6, 6.07) is 5.02. The fraction of sp³-hybridized carbons (Fsp3) is 0.550. The van der Waals surface area contributed by atoms with Crippen molar-refractivity contribution in [2.75, 3.05) is 24.2 Å². The van der Waals surface area contributed by atoms with Crippen LogP contribution in [-0.2, 0) is 14.8 Å². The zero-order valence-corrected chi connectivity index (χ0v) is 19.3. The molecule has 1 amide bonds. The molecule has 0 radical (unpaired) electrons. The molecule has 1 aliphatic rings. The number of hydrogen-bond acceptors (Lipinski definition) is 6. The van der Waals surface area contributed by atoms with Crippen LogP contribution in [0.3, 0.4) is 0 Å². The summed E-state index contributed by atoms with van der Waals surface area (Å²) in [6.07, 6.45) is 3.88. The predicted molar refractivity (Wildman–Crippen MR) is 118 cm³/mol. The lowest BCUT2D eigenvalue weighted by atomic mass is 10.2. The van der Waals surface area contributed by atoms with E-state index in [-0.39, 0.29) is 22.5 Å². The zero-order valence-electron chi connectivity index (χ0n) is 17.6. The standard InChI is InChI=1S/C20H29N5O3S2/c1-14(2)19-22-20(24-23-19)29-13-18(26)21-16-9-8-15(3)17(12-16)30(27,28)25-10-6-4-5-7-11-25/h8-9,12,14H,4-7,10-11,13H2,1-3H3,(H,21,26)(H,22,23,24). The van der Waals surface area contributed by atoms with Crippen molar-refractivity contribution in [3.8, 4) is 0 Å². The van der Waals surface area contributed by atoms with Crippen LogP contribution in [0.2, 0.25) is 0 Å². The minimum atomic E-state index is -3.58. The predicted octanol–water partition coefficient (Wildman–Crippen LogP) is 3.53. The van der Waals surface area contributed by atoms with Crippen LogP contribution in [0, 0.1) is 6.92 Å². The fourth-order valence-corrected chi connectivity index (χ4v) is 5.66. The van der Waals surface area contributed by atoms with Gasteiger partial charge in [0.1, 0.15) is 5.82 Å². The number of aromatic amines is 1. The van der Waals surface area contributed by atoms with Gasteiger partial charge in [-0.3, -0.25) is 9.89 Å². The summed E-state index contributed by atoms with van der Waals surface area (Å²) >= 11 is 1.23. The molecule has 2 N–H and O–H groups in total. The number of rotatable bonds is 7. The van der Waals surface area contributed by atoms with E-state index in [9.17, 15) is 13.2 Å². The Hall–Kier alpha value is -1.91. The number of carbonyl (C=O) groups is 1. The van der Waals surface area contributed by atoms with Gasteiger partial charge < -0.3 is 5.32 Å². The summed E-state index contributed by atoms with van der Waals surface area (Å²) in [4.78, 5) is 17.0. The second kappa shape index (κ2) is 9.93. The van der Waals surface area contributed by atoms with Gasteiger partial charge in [-0.05, 0) is 37.5 Å². The SMILES string of the molecule is Cc1ccc(NC(=O)CSc2n[nH]c(C(C)C)n2)cc1S(=O)(=O)N1CCCCCC1. The molecular formula is C20H29N5O3S2. The number of hydrogen-bond donors (Lipinski definition) is 2. The van der Waals surface area contributed by atoms with E-state index in [0.717, 1.165) is 31.5 Å². The summed E-state index contributed by atoms with van der Waals surface area (Å²) in [7, 11) is -3.58. The number of H-pyrrole nitrogens is 1. The number of anilines is 1. The number of sulfonamides is 1. The van der Waals surface area contributed by atoms with Crippen LogP contribution < -0.4 is 5.32 Å². The quantitative estimate of drug-likeness (QED) is 0.624. The summed E-state index contributed by atoms with van der Waals surface area (Å²) in [5, 5.41) is 10.3. The molecule has 2 aromatic rings. The first kappa shape index (κ1) is 22.8. The van der Waals surface area contributed by atoms with E-state index in [0.29, 0.717) is 29.5 Å². The van der Waals surface area contributed by atoms with Crippen LogP contribution in [-0.4, -0.2) is 52.7 Å². The lowest BCUT2D eigenvalue weighted by Gasteiger charge is -2.21. The summed E-state index contributed by atoms with van der Waals surface area (Å²) in [6.45, 7) is 6.89. The minimum absolute atomic E-state index is 0.136. The number of amides is 1. The first-order chi connectivity index (χ1) is 14.3. The molecule has 1 aliphatic heterocycles. The molecule has 30 heavy (non-hydrogen) atoms. The van der Waals surface area contributed by atoms with Crippen molar-refractivity contribution in [3.63, 3.8) is 0 Å². The molecule has 0 bridgehead atoms. The van der Waals surface area contributed by atoms with Crippen LogP contribution >= 0.6 is 11.8 Å². The maximum Gasteiger partial charge on any atom is 0.243 e. The number of nitrogens with zero attached hydrogens (tertiary/aromatic N) is 3. The molecule has 3 rings (SSSR count). The average Bonchev–Trinajstić information content (AvgIpc) is 3.01. The molecular weight excluding hydrogens is 422 g/mol. The van der Waals surface area contributed by atoms with Crippen molar-refractivity contribution in [1.29, 1.82) is 0 Å².